The van der Waals surface area contributed by atoms with Crippen molar-refractivity contribution in [1.82, 2.24) is 9.97 Å². The first-order valence-electron chi connectivity index (χ1n) is 6.33. The fourth-order valence-corrected chi connectivity index (χ4v) is 1.97. The highest BCUT2D eigenvalue weighted by molar-refractivity contribution is 5.56. The summed E-state index contributed by atoms with van der Waals surface area (Å²) >= 11 is 0. The van der Waals surface area contributed by atoms with Crippen molar-refractivity contribution in [1.29, 1.82) is 5.26 Å². The molecular weight excluding hydrogens is 250 g/mol. The van der Waals surface area contributed by atoms with Crippen molar-refractivity contribution in [3.8, 4) is 6.07 Å². The second kappa shape index (κ2) is 6.02. The normalized spacial score (nSPS) is 9.90. The maximum absolute atomic E-state index is 8.99. The molecule has 0 aliphatic carbocycles. The first-order chi connectivity index (χ1) is 9.61. The molecule has 0 spiro atoms. The molecule has 0 aliphatic rings. The van der Waals surface area contributed by atoms with E-state index in [4.69, 9.17) is 5.26 Å². The summed E-state index contributed by atoms with van der Waals surface area (Å²) in [6.07, 6.45) is 3.09. The molecule has 20 heavy (non-hydrogen) atoms. The van der Waals surface area contributed by atoms with Crippen LogP contribution in [0.3, 0.4) is 0 Å². The molecule has 2 rings (SSSR count). The Labute approximate surface area is 118 Å². The predicted octanol–water partition coefficient (Wildman–Crippen LogP) is 2.33. The number of hydrogen-bond donors (Lipinski definition) is 1. The van der Waals surface area contributed by atoms with Crippen LogP contribution in [0.1, 0.15) is 16.8 Å². The van der Waals surface area contributed by atoms with E-state index in [1.54, 1.807) is 6.20 Å². The maximum atomic E-state index is 8.99. The molecule has 1 aromatic carbocycles. The number of nitriles is 1. The average molecular weight is 267 g/mol. The minimum absolute atomic E-state index is 0.311. The second-order valence-electron chi connectivity index (χ2n) is 4.75. The number of aromatic nitrogens is 2. The molecule has 1 heterocycles. The van der Waals surface area contributed by atoms with Crippen LogP contribution in [0.2, 0.25) is 0 Å². The smallest absolute Gasteiger partial charge is 0.182 e. The van der Waals surface area contributed by atoms with E-state index in [1.165, 1.54) is 11.8 Å². The van der Waals surface area contributed by atoms with Gasteiger partial charge in [0.25, 0.3) is 0 Å². The van der Waals surface area contributed by atoms with Crippen molar-refractivity contribution < 1.29 is 0 Å². The van der Waals surface area contributed by atoms with Gasteiger partial charge in [-0.2, -0.15) is 5.26 Å². The van der Waals surface area contributed by atoms with Crippen LogP contribution in [0.4, 0.5) is 11.5 Å². The fraction of sp³-hybridized carbons (Fsp3) is 0.267. The molecule has 2 aromatic rings. The minimum atomic E-state index is 0.311. The van der Waals surface area contributed by atoms with Crippen molar-refractivity contribution in [2.24, 2.45) is 0 Å². The second-order valence-corrected chi connectivity index (χ2v) is 4.75. The van der Waals surface area contributed by atoms with Gasteiger partial charge in [0.2, 0.25) is 0 Å². The highest BCUT2D eigenvalue weighted by atomic mass is 15.1. The predicted molar refractivity (Wildman–Crippen MR) is 79.6 cm³/mol. The fourth-order valence-electron chi connectivity index (χ4n) is 1.97. The summed E-state index contributed by atoms with van der Waals surface area (Å²) in [7, 11) is 4.03. The molecule has 5 nitrogen and oxygen atoms in total. The lowest BCUT2D eigenvalue weighted by molar-refractivity contribution is 1.04. The number of nitrogens with one attached hydrogen (secondary N) is 1. The molecule has 5 heteroatoms. The Kier molecular flexibility index (Phi) is 4.16. The van der Waals surface area contributed by atoms with Crippen molar-refractivity contribution in [3.05, 3.63) is 47.4 Å². The van der Waals surface area contributed by atoms with Crippen LogP contribution in [0.5, 0.6) is 0 Å². The minimum Gasteiger partial charge on any atom is -0.377 e. The first-order valence-corrected chi connectivity index (χ1v) is 6.33. The maximum Gasteiger partial charge on any atom is 0.182 e. The molecule has 0 radical (unpaired) electrons. The quantitative estimate of drug-likeness (QED) is 0.921. The Morgan fingerprint density at radius 2 is 2.00 bits per heavy atom. The van der Waals surface area contributed by atoms with Crippen LogP contribution < -0.4 is 10.2 Å². The lowest BCUT2D eigenvalue weighted by Crippen LogP contribution is -2.14. The number of benzene rings is 1. The first kappa shape index (κ1) is 13.8. The van der Waals surface area contributed by atoms with E-state index in [9.17, 15) is 0 Å². The summed E-state index contributed by atoms with van der Waals surface area (Å²) in [5, 5.41) is 12.2. The van der Waals surface area contributed by atoms with E-state index in [0.29, 0.717) is 18.1 Å². The van der Waals surface area contributed by atoms with Crippen molar-refractivity contribution in [2.75, 3.05) is 24.3 Å². The Morgan fingerprint density at radius 1 is 1.25 bits per heavy atom. The van der Waals surface area contributed by atoms with Gasteiger partial charge in [-0.25, -0.2) is 9.97 Å². The average Bonchev–Trinajstić information content (AvgIpc) is 2.46. The van der Waals surface area contributed by atoms with E-state index in [0.717, 1.165) is 11.3 Å². The van der Waals surface area contributed by atoms with Gasteiger partial charge in [0.05, 0.1) is 0 Å². The highest BCUT2D eigenvalue weighted by Crippen LogP contribution is 2.21. The summed E-state index contributed by atoms with van der Waals surface area (Å²) in [6, 6.07) is 8.33. The van der Waals surface area contributed by atoms with Crippen LogP contribution in [-0.2, 0) is 6.54 Å². The Hall–Kier alpha value is -2.61. The van der Waals surface area contributed by atoms with Gasteiger partial charge in [-0.05, 0) is 24.1 Å². The summed E-state index contributed by atoms with van der Waals surface area (Å²) in [5.74, 6) is 0.514. The van der Waals surface area contributed by atoms with Crippen LogP contribution in [0, 0.1) is 18.3 Å². The zero-order valence-electron chi connectivity index (χ0n) is 11.9. The van der Waals surface area contributed by atoms with Gasteiger partial charge in [0.1, 0.15) is 6.07 Å². The third kappa shape index (κ3) is 3.04. The Bertz CT molecular complexity index is 643. The standard InChI is InChI=1S/C15H17N5/c1-11-4-5-12(14(8-11)20(2)3)10-19-15-13(9-16)17-6-7-18-15/h4-8H,10H2,1-3H3,(H,18,19). The SMILES string of the molecule is Cc1ccc(CNc2nccnc2C#N)c(N(C)C)c1. The van der Waals surface area contributed by atoms with Gasteiger partial charge in [-0.3, -0.25) is 0 Å². The van der Waals surface area contributed by atoms with Gasteiger partial charge in [-0.1, -0.05) is 12.1 Å². The molecule has 0 unspecified atom stereocenters. The summed E-state index contributed by atoms with van der Waals surface area (Å²) in [4.78, 5) is 10.2. The van der Waals surface area contributed by atoms with Gasteiger partial charge in [-0.15, -0.1) is 0 Å². The van der Waals surface area contributed by atoms with Crippen LogP contribution >= 0.6 is 0 Å². The Morgan fingerprint density at radius 3 is 2.70 bits per heavy atom. The van der Waals surface area contributed by atoms with E-state index in [2.05, 4.69) is 45.3 Å². The largest absolute Gasteiger partial charge is 0.377 e. The van der Waals surface area contributed by atoms with E-state index in [-0.39, 0.29) is 0 Å². The van der Waals surface area contributed by atoms with Crippen LogP contribution in [0.25, 0.3) is 0 Å². The molecule has 1 N–H and O–H groups in total. The lowest BCUT2D eigenvalue weighted by atomic mass is 10.1. The third-order valence-corrected chi connectivity index (χ3v) is 2.97. The molecule has 102 valence electrons. The van der Waals surface area contributed by atoms with Gasteiger partial charge >= 0.3 is 0 Å². The Balaban J connectivity index is 2.21. The zero-order chi connectivity index (χ0) is 14.5. The highest BCUT2D eigenvalue weighted by Gasteiger charge is 2.07. The van der Waals surface area contributed by atoms with Crippen molar-refractivity contribution in [3.63, 3.8) is 0 Å². The monoisotopic (exact) mass is 267 g/mol. The zero-order valence-corrected chi connectivity index (χ0v) is 11.9. The number of rotatable bonds is 4. The summed E-state index contributed by atoms with van der Waals surface area (Å²) in [5.41, 5.74) is 3.83. The third-order valence-electron chi connectivity index (χ3n) is 2.97. The molecule has 0 saturated heterocycles. The topological polar surface area (TPSA) is 64.8 Å². The number of hydrogen-bond acceptors (Lipinski definition) is 5. The van der Waals surface area contributed by atoms with Gasteiger partial charge in [0.15, 0.2) is 11.5 Å². The van der Waals surface area contributed by atoms with Crippen LogP contribution in [0.15, 0.2) is 30.6 Å². The molecule has 1 aromatic heterocycles. The van der Waals surface area contributed by atoms with E-state index < -0.39 is 0 Å². The van der Waals surface area contributed by atoms with E-state index in [1.807, 2.05) is 20.2 Å². The number of nitrogens with zero attached hydrogens (tertiary/aromatic N) is 4. The number of anilines is 2. The van der Waals surface area contributed by atoms with E-state index >= 15 is 0 Å². The molecule has 0 fully saturated rings. The molecule has 0 amide bonds. The van der Waals surface area contributed by atoms with Crippen LogP contribution in [-0.4, -0.2) is 24.1 Å². The molecule has 0 atom stereocenters. The van der Waals surface area contributed by atoms with Crippen molar-refractivity contribution >= 4 is 11.5 Å². The number of aryl methyl sites for hydroxylation is 1. The lowest BCUT2D eigenvalue weighted by Gasteiger charge is -2.18. The molecular formula is C15H17N5. The van der Waals surface area contributed by atoms with Crippen molar-refractivity contribution in [2.45, 2.75) is 13.5 Å². The molecule has 0 aliphatic heterocycles. The van der Waals surface area contributed by atoms with Gasteiger partial charge in [0, 0.05) is 38.7 Å². The van der Waals surface area contributed by atoms with Gasteiger partial charge < -0.3 is 10.2 Å². The summed E-state index contributed by atoms with van der Waals surface area (Å²) in [6.45, 7) is 2.67. The molecule has 0 bridgehead atoms. The molecule has 0 saturated carbocycles. The summed E-state index contributed by atoms with van der Waals surface area (Å²) < 4.78 is 0.